The summed E-state index contributed by atoms with van der Waals surface area (Å²) in [6, 6.07) is 17.6. The van der Waals surface area contributed by atoms with Gasteiger partial charge in [-0.25, -0.2) is 0 Å². The molecule has 5 heteroatoms. The highest BCUT2D eigenvalue weighted by atomic mass is 16.2. The summed E-state index contributed by atoms with van der Waals surface area (Å²) in [5.74, 6) is -0.197. The van der Waals surface area contributed by atoms with Crippen LogP contribution in [0, 0.1) is 17.2 Å². The smallest absolute Gasteiger partial charge is 0.235 e. The summed E-state index contributed by atoms with van der Waals surface area (Å²) in [7, 11) is 0. The number of nitrogens with one attached hydrogen (secondary N) is 2. The molecule has 0 aliphatic heterocycles. The third-order valence-corrected chi connectivity index (χ3v) is 4.37. The topological polar surface area (TPSA) is 77.8 Å². The van der Waals surface area contributed by atoms with E-state index in [1.165, 1.54) is 0 Å². The Kier molecular flexibility index (Phi) is 6.26. The lowest BCUT2D eigenvalue weighted by Gasteiger charge is -2.28. The maximum atomic E-state index is 12.3. The summed E-state index contributed by atoms with van der Waals surface area (Å²) < 4.78 is 0. The largest absolute Gasteiger partial charge is 0.337 e. The molecule has 5 nitrogen and oxygen atoms in total. The molecule has 2 rings (SSSR count). The first-order chi connectivity index (χ1) is 12.0. The Morgan fingerprint density at radius 1 is 1.20 bits per heavy atom. The van der Waals surface area contributed by atoms with Gasteiger partial charge in [-0.3, -0.25) is 15.1 Å². The molecule has 1 amide bonds. The summed E-state index contributed by atoms with van der Waals surface area (Å²) in [4.78, 5) is 16.7. The van der Waals surface area contributed by atoms with Crippen LogP contribution in [0.15, 0.2) is 54.7 Å². The fourth-order valence-electron chi connectivity index (χ4n) is 2.42. The van der Waals surface area contributed by atoms with Crippen LogP contribution in [-0.2, 0) is 4.79 Å². The van der Waals surface area contributed by atoms with Gasteiger partial charge in [0.25, 0.3) is 0 Å². The highest BCUT2D eigenvalue weighted by Gasteiger charge is 2.30. The van der Waals surface area contributed by atoms with Gasteiger partial charge < -0.3 is 5.32 Å². The molecular formula is C20H24N4O. The number of rotatable bonds is 7. The van der Waals surface area contributed by atoms with E-state index in [1.54, 1.807) is 13.1 Å². The maximum Gasteiger partial charge on any atom is 0.235 e. The van der Waals surface area contributed by atoms with Crippen LogP contribution in [0.25, 0.3) is 0 Å². The second-order valence-corrected chi connectivity index (χ2v) is 6.50. The second kappa shape index (κ2) is 8.41. The van der Waals surface area contributed by atoms with Gasteiger partial charge in [-0.15, -0.1) is 0 Å². The van der Waals surface area contributed by atoms with E-state index in [0.717, 1.165) is 11.3 Å². The van der Waals surface area contributed by atoms with Crippen molar-refractivity contribution < 1.29 is 4.79 Å². The minimum absolute atomic E-state index is 0.0159. The number of pyridine rings is 1. The molecule has 1 heterocycles. The molecule has 0 fully saturated rings. The first-order valence-corrected chi connectivity index (χ1v) is 8.38. The molecule has 25 heavy (non-hydrogen) atoms. The van der Waals surface area contributed by atoms with Gasteiger partial charge in [0.2, 0.25) is 5.91 Å². The zero-order valence-corrected chi connectivity index (χ0v) is 14.9. The summed E-state index contributed by atoms with van der Waals surface area (Å²) in [6.45, 7) is 5.66. The molecule has 0 spiro atoms. The average molecular weight is 336 g/mol. The number of benzene rings is 1. The molecule has 130 valence electrons. The van der Waals surface area contributed by atoms with E-state index in [-0.39, 0.29) is 24.4 Å². The number of aromatic nitrogens is 1. The van der Waals surface area contributed by atoms with E-state index in [4.69, 9.17) is 0 Å². The van der Waals surface area contributed by atoms with Gasteiger partial charge in [0, 0.05) is 6.20 Å². The summed E-state index contributed by atoms with van der Waals surface area (Å²) in [5.41, 5.74) is 0.987. The first-order valence-electron chi connectivity index (χ1n) is 8.38. The molecule has 0 aliphatic carbocycles. The Hall–Kier alpha value is -2.71. The second-order valence-electron chi connectivity index (χ2n) is 6.50. The van der Waals surface area contributed by atoms with Crippen molar-refractivity contribution in [3.05, 3.63) is 66.0 Å². The zero-order chi connectivity index (χ0) is 18.3. The molecule has 0 radical (unpaired) electrons. The van der Waals surface area contributed by atoms with Gasteiger partial charge in [0.1, 0.15) is 5.54 Å². The van der Waals surface area contributed by atoms with Crippen LogP contribution < -0.4 is 10.6 Å². The van der Waals surface area contributed by atoms with Gasteiger partial charge >= 0.3 is 0 Å². The highest BCUT2D eigenvalue weighted by molar-refractivity contribution is 5.79. The van der Waals surface area contributed by atoms with Gasteiger partial charge in [-0.1, -0.05) is 50.2 Å². The van der Waals surface area contributed by atoms with Crippen LogP contribution in [0.1, 0.15) is 38.1 Å². The predicted molar refractivity (Wildman–Crippen MR) is 97.5 cm³/mol. The number of carbonyl (C=O) groups excluding carboxylic acids is 1. The van der Waals surface area contributed by atoms with Crippen LogP contribution in [0.2, 0.25) is 0 Å². The standard InChI is InChI=1S/C20H24N4O/c1-15(2)20(3,14-21)24-18(25)13-23-19(16-9-5-4-6-10-16)17-11-7-8-12-22-17/h4-12,15,19,23H,13H2,1-3H3,(H,24,25)/t19-,20-/m0/s1. The quantitative estimate of drug-likeness (QED) is 0.815. The Labute approximate surface area is 149 Å². The predicted octanol–water partition coefficient (Wildman–Crippen LogP) is 2.82. The van der Waals surface area contributed by atoms with Crippen LogP contribution in [-0.4, -0.2) is 23.0 Å². The van der Waals surface area contributed by atoms with Crippen molar-refractivity contribution in [3.8, 4) is 6.07 Å². The molecule has 0 saturated heterocycles. The van der Waals surface area contributed by atoms with Crippen molar-refractivity contribution in [2.75, 3.05) is 6.54 Å². The van der Waals surface area contributed by atoms with Gasteiger partial charge in [-0.05, 0) is 30.5 Å². The molecule has 1 aromatic carbocycles. The van der Waals surface area contributed by atoms with Crippen molar-refractivity contribution in [1.29, 1.82) is 5.26 Å². The van der Waals surface area contributed by atoms with Crippen molar-refractivity contribution in [1.82, 2.24) is 15.6 Å². The zero-order valence-electron chi connectivity index (χ0n) is 14.9. The number of nitrogens with zero attached hydrogens (tertiary/aromatic N) is 2. The van der Waals surface area contributed by atoms with Gasteiger partial charge in [0.15, 0.2) is 0 Å². The fourth-order valence-corrected chi connectivity index (χ4v) is 2.42. The first kappa shape index (κ1) is 18.6. The SMILES string of the molecule is CC(C)[C@](C)(C#N)NC(=O)CN[C@@H](c1ccccc1)c1ccccn1. The lowest BCUT2D eigenvalue weighted by atomic mass is 9.90. The average Bonchev–Trinajstić information content (AvgIpc) is 2.63. The number of amides is 1. The Bertz CT molecular complexity index is 685. The third-order valence-electron chi connectivity index (χ3n) is 4.37. The highest BCUT2D eigenvalue weighted by Crippen LogP contribution is 2.20. The fraction of sp³-hybridized carbons (Fsp3) is 0.350. The van der Waals surface area contributed by atoms with E-state index in [9.17, 15) is 10.1 Å². The summed E-state index contributed by atoms with van der Waals surface area (Å²) in [6.07, 6.45) is 1.73. The van der Waals surface area contributed by atoms with Crippen molar-refractivity contribution in [3.63, 3.8) is 0 Å². The molecule has 0 aliphatic rings. The molecule has 2 N–H and O–H groups in total. The summed E-state index contributed by atoms with van der Waals surface area (Å²) >= 11 is 0. The lowest BCUT2D eigenvalue weighted by molar-refractivity contribution is -0.121. The molecular weight excluding hydrogens is 312 g/mol. The third kappa shape index (κ3) is 4.88. The van der Waals surface area contributed by atoms with Crippen molar-refractivity contribution in [2.45, 2.75) is 32.4 Å². The van der Waals surface area contributed by atoms with E-state index >= 15 is 0 Å². The van der Waals surface area contributed by atoms with E-state index in [2.05, 4.69) is 21.7 Å². The summed E-state index contributed by atoms with van der Waals surface area (Å²) in [5, 5.41) is 15.4. The number of nitriles is 1. The number of hydrogen-bond acceptors (Lipinski definition) is 4. The molecule has 1 aromatic heterocycles. The molecule has 0 unspecified atom stereocenters. The molecule has 0 saturated carbocycles. The van der Waals surface area contributed by atoms with Crippen LogP contribution in [0.5, 0.6) is 0 Å². The van der Waals surface area contributed by atoms with E-state index in [0.29, 0.717) is 0 Å². The monoisotopic (exact) mass is 336 g/mol. The minimum atomic E-state index is -0.883. The van der Waals surface area contributed by atoms with Gasteiger partial charge in [-0.2, -0.15) is 5.26 Å². The van der Waals surface area contributed by atoms with Crippen molar-refractivity contribution in [2.24, 2.45) is 5.92 Å². The number of carbonyl (C=O) groups is 1. The van der Waals surface area contributed by atoms with Crippen molar-refractivity contribution >= 4 is 5.91 Å². The van der Waals surface area contributed by atoms with E-state index < -0.39 is 5.54 Å². The Balaban J connectivity index is 2.11. The Morgan fingerprint density at radius 2 is 1.88 bits per heavy atom. The lowest BCUT2D eigenvalue weighted by Crippen LogP contribution is -2.51. The molecule has 0 bridgehead atoms. The van der Waals surface area contributed by atoms with Crippen LogP contribution >= 0.6 is 0 Å². The number of hydrogen-bond donors (Lipinski definition) is 2. The Morgan fingerprint density at radius 3 is 2.44 bits per heavy atom. The molecule has 2 atom stereocenters. The van der Waals surface area contributed by atoms with Crippen LogP contribution in [0.4, 0.5) is 0 Å². The normalized spacial score (nSPS) is 14.4. The minimum Gasteiger partial charge on any atom is -0.337 e. The molecule has 2 aromatic rings. The van der Waals surface area contributed by atoms with Crippen LogP contribution in [0.3, 0.4) is 0 Å². The van der Waals surface area contributed by atoms with E-state index in [1.807, 2.05) is 62.4 Å². The maximum absolute atomic E-state index is 12.3. The van der Waals surface area contributed by atoms with Gasteiger partial charge in [0.05, 0.1) is 24.3 Å².